The zero-order valence-corrected chi connectivity index (χ0v) is 18.6. The van der Waals surface area contributed by atoms with Gasteiger partial charge in [0, 0.05) is 36.3 Å². The first-order valence-electron chi connectivity index (χ1n) is 10.9. The number of hydrogen-bond donors (Lipinski definition) is 2. The number of nitrogens with zero attached hydrogens (tertiary/aromatic N) is 2. The van der Waals surface area contributed by atoms with Gasteiger partial charge in [0.1, 0.15) is 12.3 Å². The molecule has 2 heterocycles. The molecule has 2 aromatic carbocycles. The lowest BCUT2D eigenvalue weighted by molar-refractivity contribution is -0.135. The summed E-state index contributed by atoms with van der Waals surface area (Å²) < 4.78 is 5.62. The Morgan fingerprint density at radius 1 is 1.09 bits per heavy atom. The lowest BCUT2D eigenvalue weighted by Crippen LogP contribution is -2.48. The van der Waals surface area contributed by atoms with Crippen molar-refractivity contribution in [3.05, 3.63) is 59.7 Å². The molecule has 0 aromatic heterocycles. The lowest BCUT2D eigenvalue weighted by atomic mass is 9.84. The predicted octanol–water partition coefficient (Wildman–Crippen LogP) is 2.34. The maximum absolute atomic E-state index is 13.2. The van der Waals surface area contributed by atoms with Crippen LogP contribution >= 0.6 is 0 Å². The molecule has 1 fully saturated rings. The smallest absolute Gasteiger partial charge is 0.325 e. The van der Waals surface area contributed by atoms with Gasteiger partial charge in [-0.3, -0.25) is 19.3 Å². The summed E-state index contributed by atoms with van der Waals surface area (Å²) in [7, 11) is 0. The maximum atomic E-state index is 13.2. The first kappa shape index (κ1) is 22.3. The van der Waals surface area contributed by atoms with Gasteiger partial charge in [-0.25, -0.2) is 4.79 Å². The van der Waals surface area contributed by atoms with E-state index in [2.05, 4.69) is 10.6 Å². The van der Waals surface area contributed by atoms with Crippen molar-refractivity contribution < 1.29 is 23.9 Å². The minimum absolute atomic E-state index is 0.0840. The monoisotopic (exact) mass is 450 g/mol. The fourth-order valence-electron chi connectivity index (χ4n) is 4.25. The van der Waals surface area contributed by atoms with Crippen molar-refractivity contribution in [2.45, 2.75) is 25.8 Å². The highest BCUT2D eigenvalue weighted by Gasteiger charge is 2.55. The van der Waals surface area contributed by atoms with Crippen LogP contribution in [0.3, 0.4) is 0 Å². The molecular weight excluding hydrogens is 424 g/mol. The second kappa shape index (κ2) is 8.93. The Bertz CT molecular complexity index is 1100. The van der Waals surface area contributed by atoms with Gasteiger partial charge in [-0.1, -0.05) is 18.2 Å². The molecule has 0 radical (unpaired) electrons. The van der Waals surface area contributed by atoms with Gasteiger partial charge >= 0.3 is 6.03 Å². The van der Waals surface area contributed by atoms with Crippen molar-refractivity contribution in [2.24, 2.45) is 0 Å². The lowest BCUT2D eigenvalue weighted by Gasteiger charge is -2.33. The number of imide groups is 1. The van der Waals surface area contributed by atoms with Crippen LogP contribution in [0.4, 0.5) is 10.5 Å². The number of hydrogen-bond acceptors (Lipinski definition) is 5. The fourth-order valence-corrected chi connectivity index (χ4v) is 4.25. The van der Waals surface area contributed by atoms with Gasteiger partial charge in [0.2, 0.25) is 5.91 Å². The molecule has 9 heteroatoms. The van der Waals surface area contributed by atoms with Crippen molar-refractivity contribution in [1.29, 1.82) is 0 Å². The van der Waals surface area contributed by atoms with Gasteiger partial charge in [0.25, 0.3) is 11.8 Å². The topological polar surface area (TPSA) is 108 Å². The van der Waals surface area contributed by atoms with Gasteiger partial charge in [-0.2, -0.15) is 0 Å². The number of rotatable bonds is 6. The number of amides is 5. The Morgan fingerprint density at radius 3 is 2.48 bits per heavy atom. The van der Waals surface area contributed by atoms with Crippen LogP contribution in [0.15, 0.2) is 48.5 Å². The van der Waals surface area contributed by atoms with Crippen LogP contribution in [-0.4, -0.2) is 59.8 Å². The third-order valence-electron chi connectivity index (χ3n) is 6.03. The molecule has 2 aromatic rings. The van der Waals surface area contributed by atoms with Gasteiger partial charge < -0.3 is 20.3 Å². The summed E-state index contributed by atoms with van der Waals surface area (Å²) in [5, 5.41) is 5.45. The Kier molecular flexibility index (Phi) is 6.04. The minimum atomic E-state index is -1.22. The van der Waals surface area contributed by atoms with Crippen molar-refractivity contribution in [2.75, 3.05) is 31.6 Å². The first-order chi connectivity index (χ1) is 15.9. The van der Waals surface area contributed by atoms with Crippen LogP contribution in [0.25, 0.3) is 0 Å². The third-order valence-corrected chi connectivity index (χ3v) is 6.03. The molecule has 1 spiro atoms. The largest absolute Gasteiger partial charge is 0.493 e. The molecule has 2 aliphatic heterocycles. The standard InChI is InChI=1S/C24H26N4O5/c1-3-27(4-2)21(30)16-9-11-17(12-10-16)25-20(29)15-28-22(31)24(26-23(28)32)13-14-33-19-8-6-5-7-18(19)24/h5-12H,3-4,13-15H2,1-2H3,(H,25,29)(H,26,32)/t24-/m1/s1. The highest BCUT2D eigenvalue weighted by atomic mass is 16.5. The molecule has 1 saturated heterocycles. The molecule has 5 amide bonds. The Hall–Kier alpha value is -3.88. The van der Waals surface area contributed by atoms with Gasteiger partial charge in [-0.15, -0.1) is 0 Å². The maximum Gasteiger partial charge on any atom is 0.325 e. The number of fused-ring (bicyclic) bond motifs is 2. The molecule has 33 heavy (non-hydrogen) atoms. The normalized spacial score (nSPS) is 19.0. The van der Waals surface area contributed by atoms with E-state index in [0.29, 0.717) is 35.7 Å². The SMILES string of the molecule is CCN(CC)C(=O)c1ccc(NC(=O)CN2C(=O)N[C@@]3(CCOc4ccccc43)C2=O)cc1. The van der Waals surface area contributed by atoms with Gasteiger partial charge in [0.15, 0.2) is 5.54 Å². The molecule has 0 unspecified atom stereocenters. The summed E-state index contributed by atoms with van der Waals surface area (Å²) >= 11 is 0. The number of carbonyl (C=O) groups excluding carboxylic acids is 4. The molecule has 1 atom stereocenters. The van der Waals surface area contributed by atoms with Crippen molar-refractivity contribution in [3.63, 3.8) is 0 Å². The average molecular weight is 450 g/mol. The summed E-state index contributed by atoms with van der Waals surface area (Å²) in [6, 6.07) is 13.0. The summed E-state index contributed by atoms with van der Waals surface area (Å²) in [5.74, 6) is -0.528. The summed E-state index contributed by atoms with van der Waals surface area (Å²) in [6.45, 7) is 4.90. The number of urea groups is 1. The summed E-state index contributed by atoms with van der Waals surface area (Å²) in [5.41, 5.74) is 0.352. The molecule has 0 aliphatic carbocycles. The van der Waals surface area contributed by atoms with Crippen LogP contribution in [-0.2, 0) is 15.1 Å². The second-order valence-corrected chi connectivity index (χ2v) is 7.92. The van der Waals surface area contributed by atoms with E-state index in [1.807, 2.05) is 13.8 Å². The quantitative estimate of drug-likeness (QED) is 0.657. The van der Waals surface area contributed by atoms with Crippen molar-refractivity contribution in [1.82, 2.24) is 15.1 Å². The number of benzene rings is 2. The molecule has 0 saturated carbocycles. The van der Waals surface area contributed by atoms with E-state index in [9.17, 15) is 19.2 Å². The molecular formula is C24H26N4O5. The number of carbonyl (C=O) groups is 4. The fraction of sp³-hybridized carbons (Fsp3) is 0.333. The van der Waals surface area contributed by atoms with E-state index in [1.54, 1.807) is 53.4 Å². The highest BCUT2D eigenvalue weighted by Crippen LogP contribution is 2.40. The third kappa shape index (κ3) is 4.02. The predicted molar refractivity (Wildman–Crippen MR) is 121 cm³/mol. The number of anilines is 1. The number of nitrogens with one attached hydrogen (secondary N) is 2. The molecule has 2 N–H and O–H groups in total. The average Bonchev–Trinajstić information content (AvgIpc) is 3.05. The van der Waals surface area contributed by atoms with Crippen LogP contribution in [0.5, 0.6) is 5.75 Å². The van der Waals surface area contributed by atoms with Crippen LogP contribution in [0.1, 0.15) is 36.2 Å². The van der Waals surface area contributed by atoms with E-state index in [4.69, 9.17) is 4.74 Å². The van der Waals surface area contributed by atoms with Crippen molar-refractivity contribution in [3.8, 4) is 5.75 Å². The van der Waals surface area contributed by atoms with E-state index in [1.165, 1.54) is 0 Å². The van der Waals surface area contributed by atoms with Crippen LogP contribution < -0.4 is 15.4 Å². The van der Waals surface area contributed by atoms with E-state index in [-0.39, 0.29) is 18.9 Å². The van der Waals surface area contributed by atoms with Gasteiger partial charge in [0.05, 0.1) is 6.61 Å². The van der Waals surface area contributed by atoms with E-state index >= 15 is 0 Å². The Labute approximate surface area is 191 Å². The summed E-state index contributed by atoms with van der Waals surface area (Å²) in [4.78, 5) is 53.5. The van der Waals surface area contributed by atoms with Gasteiger partial charge in [-0.05, 0) is 44.2 Å². The van der Waals surface area contributed by atoms with Crippen molar-refractivity contribution >= 4 is 29.4 Å². The zero-order valence-electron chi connectivity index (χ0n) is 18.6. The van der Waals surface area contributed by atoms with Crippen LogP contribution in [0, 0.1) is 0 Å². The first-order valence-corrected chi connectivity index (χ1v) is 10.9. The molecule has 0 bridgehead atoms. The highest BCUT2D eigenvalue weighted by molar-refractivity contribution is 6.10. The second-order valence-electron chi connectivity index (χ2n) is 7.92. The summed E-state index contributed by atoms with van der Waals surface area (Å²) in [6.07, 6.45) is 0.286. The molecule has 9 nitrogen and oxygen atoms in total. The van der Waals surface area contributed by atoms with E-state index in [0.717, 1.165) is 4.90 Å². The van der Waals surface area contributed by atoms with E-state index < -0.39 is 29.9 Å². The molecule has 4 rings (SSSR count). The minimum Gasteiger partial charge on any atom is -0.493 e. The number of ether oxygens (including phenoxy) is 1. The number of para-hydroxylation sites is 1. The molecule has 172 valence electrons. The Balaban J connectivity index is 1.44. The zero-order chi connectivity index (χ0) is 23.6. The Morgan fingerprint density at radius 2 is 1.79 bits per heavy atom. The molecule has 2 aliphatic rings. The van der Waals surface area contributed by atoms with Crippen LogP contribution in [0.2, 0.25) is 0 Å².